The summed E-state index contributed by atoms with van der Waals surface area (Å²) in [6.07, 6.45) is 0.960. The van der Waals surface area contributed by atoms with Crippen molar-refractivity contribution in [3.05, 3.63) is 45.9 Å². The molecule has 1 fully saturated rings. The minimum absolute atomic E-state index is 0.00906. The van der Waals surface area contributed by atoms with E-state index in [1.165, 1.54) is 23.5 Å². The number of benzene rings is 1. The highest BCUT2D eigenvalue weighted by Crippen LogP contribution is 2.31. The van der Waals surface area contributed by atoms with Gasteiger partial charge in [0, 0.05) is 10.9 Å². The number of halogens is 1. The molecule has 3 nitrogen and oxygen atoms in total. The molecule has 1 aromatic carbocycles. The van der Waals surface area contributed by atoms with Crippen molar-refractivity contribution in [1.82, 2.24) is 10.6 Å². The lowest BCUT2D eigenvalue weighted by molar-refractivity contribution is 0.0918. The summed E-state index contributed by atoms with van der Waals surface area (Å²) in [6.45, 7) is 6.03. The molecule has 23 heavy (non-hydrogen) atoms. The fraction of sp³-hybridized carbons (Fsp3) is 0.389. The fourth-order valence-corrected chi connectivity index (χ4v) is 3.92. The second-order valence-corrected chi connectivity index (χ2v) is 7.39. The quantitative estimate of drug-likeness (QED) is 0.902. The van der Waals surface area contributed by atoms with Crippen LogP contribution in [0.1, 0.15) is 27.9 Å². The molecule has 5 heteroatoms. The summed E-state index contributed by atoms with van der Waals surface area (Å²) in [5, 5.41) is 6.49. The van der Waals surface area contributed by atoms with E-state index in [2.05, 4.69) is 17.6 Å². The number of amides is 1. The van der Waals surface area contributed by atoms with Crippen molar-refractivity contribution < 1.29 is 9.18 Å². The van der Waals surface area contributed by atoms with Crippen LogP contribution in [0.15, 0.2) is 30.3 Å². The highest BCUT2D eigenvalue weighted by Gasteiger charge is 2.24. The number of aryl methyl sites for hydroxylation is 1. The van der Waals surface area contributed by atoms with Gasteiger partial charge in [0.25, 0.3) is 5.91 Å². The van der Waals surface area contributed by atoms with Crippen LogP contribution >= 0.6 is 11.3 Å². The Morgan fingerprint density at radius 1 is 1.35 bits per heavy atom. The van der Waals surface area contributed by atoms with Crippen LogP contribution in [-0.2, 0) is 0 Å². The number of hydrogen-bond donors (Lipinski definition) is 2. The summed E-state index contributed by atoms with van der Waals surface area (Å²) in [4.78, 5) is 14.3. The first-order valence-electron chi connectivity index (χ1n) is 7.92. The first-order valence-corrected chi connectivity index (χ1v) is 8.74. The van der Waals surface area contributed by atoms with Gasteiger partial charge in [0.2, 0.25) is 0 Å². The maximum Gasteiger partial charge on any atom is 0.261 e. The topological polar surface area (TPSA) is 41.1 Å². The Morgan fingerprint density at radius 2 is 2.09 bits per heavy atom. The molecule has 122 valence electrons. The minimum Gasteiger partial charge on any atom is -0.348 e. The highest BCUT2D eigenvalue weighted by molar-refractivity contribution is 7.14. The standard InChI is InChI=1S/C18H21FN2OS/c1-11-10-20-8-7-16(11)21-18(22)17-9-15(12(2)23-17)13-3-5-14(19)6-4-13/h3-6,9,11,16,20H,7-8,10H2,1-2H3,(H,21,22). The third kappa shape index (κ3) is 3.62. The Morgan fingerprint density at radius 3 is 2.78 bits per heavy atom. The molecule has 1 aliphatic heterocycles. The van der Waals surface area contributed by atoms with Crippen LogP contribution in [0.5, 0.6) is 0 Å². The van der Waals surface area contributed by atoms with Gasteiger partial charge in [-0.15, -0.1) is 11.3 Å². The summed E-state index contributed by atoms with van der Waals surface area (Å²) in [7, 11) is 0. The first-order chi connectivity index (χ1) is 11.0. The van der Waals surface area contributed by atoms with Gasteiger partial charge in [0.1, 0.15) is 5.82 Å². The molecule has 2 aromatic rings. The summed E-state index contributed by atoms with van der Waals surface area (Å²) in [6, 6.07) is 8.53. The van der Waals surface area contributed by atoms with Crippen molar-refractivity contribution in [1.29, 1.82) is 0 Å². The van der Waals surface area contributed by atoms with E-state index >= 15 is 0 Å². The van der Waals surface area contributed by atoms with Crippen molar-refractivity contribution in [3.63, 3.8) is 0 Å². The van der Waals surface area contributed by atoms with Gasteiger partial charge in [-0.1, -0.05) is 19.1 Å². The molecule has 1 saturated heterocycles. The van der Waals surface area contributed by atoms with Crippen molar-refractivity contribution in [3.8, 4) is 11.1 Å². The van der Waals surface area contributed by atoms with E-state index in [1.807, 2.05) is 13.0 Å². The third-order valence-corrected chi connectivity index (χ3v) is 5.45. The van der Waals surface area contributed by atoms with Crippen LogP contribution < -0.4 is 10.6 Å². The van der Waals surface area contributed by atoms with E-state index in [1.54, 1.807) is 12.1 Å². The second-order valence-electron chi connectivity index (χ2n) is 6.14. The number of piperidine rings is 1. The van der Waals surface area contributed by atoms with E-state index in [9.17, 15) is 9.18 Å². The maximum atomic E-state index is 13.1. The molecule has 0 radical (unpaired) electrons. The zero-order valence-electron chi connectivity index (χ0n) is 13.4. The number of rotatable bonds is 3. The van der Waals surface area contributed by atoms with Crippen LogP contribution in [0, 0.1) is 18.7 Å². The average Bonchev–Trinajstić information content (AvgIpc) is 2.92. The van der Waals surface area contributed by atoms with Gasteiger partial charge < -0.3 is 10.6 Å². The van der Waals surface area contributed by atoms with Crippen molar-refractivity contribution in [2.75, 3.05) is 13.1 Å². The Labute approximate surface area is 139 Å². The van der Waals surface area contributed by atoms with Crippen molar-refractivity contribution >= 4 is 17.2 Å². The molecular weight excluding hydrogens is 311 g/mol. The molecule has 2 atom stereocenters. The van der Waals surface area contributed by atoms with Gasteiger partial charge in [0.05, 0.1) is 4.88 Å². The first kappa shape index (κ1) is 16.1. The lowest BCUT2D eigenvalue weighted by atomic mass is 9.95. The minimum atomic E-state index is -0.250. The largest absolute Gasteiger partial charge is 0.348 e. The van der Waals surface area contributed by atoms with E-state index in [4.69, 9.17) is 0 Å². The Kier molecular flexibility index (Phi) is 4.78. The number of carbonyl (C=O) groups excluding carboxylic acids is 1. The Balaban J connectivity index is 1.77. The molecule has 0 aliphatic carbocycles. The van der Waals surface area contributed by atoms with Gasteiger partial charge in [-0.2, -0.15) is 0 Å². The normalized spacial score (nSPS) is 21.2. The number of carbonyl (C=O) groups is 1. The molecule has 1 amide bonds. The van der Waals surface area contributed by atoms with Gasteiger partial charge in [-0.25, -0.2) is 4.39 Å². The fourth-order valence-electron chi connectivity index (χ4n) is 2.98. The molecule has 0 bridgehead atoms. The summed E-state index contributed by atoms with van der Waals surface area (Å²) < 4.78 is 13.1. The number of thiophene rings is 1. The van der Waals surface area contributed by atoms with Crippen molar-refractivity contribution in [2.24, 2.45) is 5.92 Å². The SMILES string of the molecule is Cc1sc(C(=O)NC2CCNCC2C)cc1-c1ccc(F)cc1. The smallest absolute Gasteiger partial charge is 0.261 e. The van der Waals surface area contributed by atoms with Crippen LogP contribution in [0.3, 0.4) is 0 Å². The lowest BCUT2D eigenvalue weighted by Gasteiger charge is -2.30. The van der Waals surface area contributed by atoms with Gasteiger partial charge in [0.15, 0.2) is 0 Å². The summed E-state index contributed by atoms with van der Waals surface area (Å²) in [5.74, 6) is 0.176. The monoisotopic (exact) mass is 332 g/mol. The zero-order chi connectivity index (χ0) is 16.4. The van der Waals surface area contributed by atoms with Gasteiger partial charge in [-0.05, 0) is 61.7 Å². The molecule has 2 N–H and O–H groups in total. The summed E-state index contributed by atoms with van der Waals surface area (Å²) >= 11 is 1.49. The third-order valence-electron chi connectivity index (χ3n) is 4.40. The van der Waals surface area contributed by atoms with Crippen LogP contribution in [-0.4, -0.2) is 25.0 Å². The second kappa shape index (κ2) is 6.81. The molecular formula is C18H21FN2OS. The average molecular weight is 332 g/mol. The predicted octanol–water partition coefficient (Wildman–Crippen LogP) is 3.59. The van der Waals surface area contributed by atoms with Crippen LogP contribution in [0.4, 0.5) is 4.39 Å². The Bertz CT molecular complexity index is 696. The highest BCUT2D eigenvalue weighted by atomic mass is 32.1. The number of nitrogens with one attached hydrogen (secondary N) is 2. The van der Waals surface area contributed by atoms with E-state index < -0.39 is 0 Å². The zero-order valence-corrected chi connectivity index (χ0v) is 14.2. The van der Waals surface area contributed by atoms with Crippen LogP contribution in [0.25, 0.3) is 11.1 Å². The van der Waals surface area contributed by atoms with E-state index in [-0.39, 0.29) is 17.8 Å². The molecule has 1 aromatic heterocycles. The lowest BCUT2D eigenvalue weighted by Crippen LogP contribution is -2.48. The predicted molar refractivity (Wildman–Crippen MR) is 92.4 cm³/mol. The maximum absolute atomic E-state index is 13.1. The Hall–Kier alpha value is -1.72. The molecule has 2 unspecified atom stereocenters. The van der Waals surface area contributed by atoms with E-state index in [0.717, 1.165) is 35.5 Å². The summed E-state index contributed by atoms with van der Waals surface area (Å²) in [5.41, 5.74) is 1.94. The molecule has 3 rings (SSSR count). The van der Waals surface area contributed by atoms with E-state index in [0.29, 0.717) is 10.8 Å². The van der Waals surface area contributed by atoms with Crippen molar-refractivity contribution in [2.45, 2.75) is 26.3 Å². The van der Waals surface area contributed by atoms with Gasteiger partial charge >= 0.3 is 0 Å². The number of hydrogen-bond acceptors (Lipinski definition) is 3. The molecule has 2 heterocycles. The van der Waals surface area contributed by atoms with Crippen LogP contribution in [0.2, 0.25) is 0 Å². The molecule has 1 aliphatic rings. The molecule has 0 spiro atoms. The molecule has 0 saturated carbocycles. The van der Waals surface area contributed by atoms with Gasteiger partial charge in [-0.3, -0.25) is 4.79 Å².